The lowest BCUT2D eigenvalue weighted by Gasteiger charge is -2.42. The van der Waals surface area contributed by atoms with Crippen LogP contribution in [0.15, 0.2) is 66.9 Å². The molecule has 2 fully saturated rings. The third kappa shape index (κ3) is 5.31. The van der Waals surface area contributed by atoms with Crippen molar-refractivity contribution in [3.05, 3.63) is 66.9 Å². The number of ether oxygens (including phenoxy) is 1. The van der Waals surface area contributed by atoms with Crippen molar-refractivity contribution in [3.63, 3.8) is 0 Å². The first kappa shape index (κ1) is 22.2. The van der Waals surface area contributed by atoms with Crippen LogP contribution in [0.3, 0.4) is 0 Å². The van der Waals surface area contributed by atoms with E-state index in [1.807, 2.05) is 42.5 Å². The van der Waals surface area contributed by atoms with Crippen molar-refractivity contribution < 1.29 is 4.74 Å². The van der Waals surface area contributed by atoms with Crippen LogP contribution in [0.4, 0.5) is 0 Å². The molecule has 174 valence electrons. The number of rotatable bonds is 6. The molecule has 0 saturated carbocycles. The van der Waals surface area contributed by atoms with E-state index in [4.69, 9.17) is 9.84 Å². The van der Waals surface area contributed by atoms with Gasteiger partial charge in [-0.25, -0.2) is 0 Å². The quantitative estimate of drug-likeness (QED) is 0.477. The first-order valence-electron chi connectivity index (χ1n) is 12.5. The van der Waals surface area contributed by atoms with Gasteiger partial charge in [0.05, 0.1) is 11.7 Å². The Kier molecular flexibility index (Phi) is 6.79. The molecule has 5 heteroatoms. The summed E-state index contributed by atoms with van der Waals surface area (Å²) in [5.74, 6) is 1.70. The van der Waals surface area contributed by atoms with Gasteiger partial charge in [0.15, 0.2) is 0 Å². The largest absolute Gasteiger partial charge is 0.457 e. The Balaban J connectivity index is 1.15. The summed E-state index contributed by atoms with van der Waals surface area (Å²) in [4.78, 5) is 5.36. The zero-order valence-corrected chi connectivity index (χ0v) is 19.9. The molecule has 0 unspecified atom stereocenters. The fraction of sp³-hybridized carbons (Fsp3) is 0.464. The molecule has 0 radical (unpaired) electrons. The molecule has 0 amide bonds. The van der Waals surface area contributed by atoms with E-state index < -0.39 is 0 Å². The second kappa shape index (κ2) is 10.1. The SMILES string of the molecule is CC(C)N1CCC(N2CCC(n3ccc(-c4ccc(Oc5ccccc5)cc4)n3)CC2)CC1. The van der Waals surface area contributed by atoms with Crippen molar-refractivity contribution in [2.75, 3.05) is 26.2 Å². The van der Waals surface area contributed by atoms with Gasteiger partial charge in [0.25, 0.3) is 0 Å². The fourth-order valence-corrected chi connectivity index (χ4v) is 5.30. The summed E-state index contributed by atoms with van der Waals surface area (Å²) >= 11 is 0. The van der Waals surface area contributed by atoms with Crippen LogP contribution >= 0.6 is 0 Å². The number of likely N-dealkylation sites (tertiary alicyclic amines) is 2. The zero-order valence-electron chi connectivity index (χ0n) is 19.9. The highest BCUT2D eigenvalue weighted by atomic mass is 16.5. The third-order valence-corrected chi connectivity index (χ3v) is 7.36. The molecule has 0 aliphatic carbocycles. The van der Waals surface area contributed by atoms with E-state index >= 15 is 0 Å². The van der Waals surface area contributed by atoms with E-state index in [2.05, 4.69) is 52.7 Å². The van der Waals surface area contributed by atoms with Gasteiger partial charge in [-0.05, 0) is 95.1 Å². The van der Waals surface area contributed by atoms with Gasteiger partial charge < -0.3 is 14.5 Å². The number of para-hydroxylation sites is 1. The van der Waals surface area contributed by atoms with Crippen molar-refractivity contribution in [2.45, 2.75) is 57.7 Å². The fourth-order valence-electron chi connectivity index (χ4n) is 5.30. The number of nitrogens with zero attached hydrogens (tertiary/aromatic N) is 4. The van der Waals surface area contributed by atoms with Gasteiger partial charge in [0.1, 0.15) is 11.5 Å². The molecule has 0 atom stereocenters. The lowest BCUT2D eigenvalue weighted by Crippen LogP contribution is -2.49. The molecular formula is C28H36N4O. The summed E-state index contributed by atoms with van der Waals surface area (Å²) in [6.07, 6.45) is 7.17. The zero-order chi connectivity index (χ0) is 22.6. The molecule has 0 bridgehead atoms. The van der Waals surface area contributed by atoms with Crippen LogP contribution in [0, 0.1) is 0 Å². The van der Waals surface area contributed by atoms with Crippen LogP contribution in [-0.2, 0) is 0 Å². The van der Waals surface area contributed by atoms with Gasteiger partial charge in [-0.15, -0.1) is 0 Å². The Morgan fingerprint density at radius 1 is 0.758 bits per heavy atom. The van der Waals surface area contributed by atoms with E-state index in [1.54, 1.807) is 0 Å². The van der Waals surface area contributed by atoms with Crippen LogP contribution in [0.25, 0.3) is 11.3 Å². The van der Waals surface area contributed by atoms with Crippen molar-refractivity contribution >= 4 is 0 Å². The maximum atomic E-state index is 5.91. The van der Waals surface area contributed by atoms with E-state index in [9.17, 15) is 0 Å². The molecule has 3 heterocycles. The summed E-state index contributed by atoms with van der Waals surface area (Å²) < 4.78 is 8.11. The Bertz CT molecular complexity index is 998. The van der Waals surface area contributed by atoms with E-state index in [0.717, 1.165) is 28.8 Å². The van der Waals surface area contributed by atoms with Crippen LogP contribution in [-0.4, -0.2) is 57.8 Å². The second-order valence-corrected chi connectivity index (χ2v) is 9.75. The van der Waals surface area contributed by atoms with Crippen LogP contribution in [0.2, 0.25) is 0 Å². The first-order valence-corrected chi connectivity index (χ1v) is 12.5. The van der Waals surface area contributed by atoms with Gasteiger partial charge in [0, 0.05) is 36.9 Å². The molecule has 2 aromatic carbocycles. The average Bonchev–Trinajstić information content (AvgIpc) is 3.36. The maximum Gasteiger partial charge on any atom is 0.127 e. The Morgan fingerprint density at radius 3 is 2.06 bits per heavy atom. The third-order valence-electron chi connectivity index (χ3n) is 7.36. The molecule has 0 N–H and O–H groups in total. The number of piperidine rings is 2. The molecule has 2 saturated heterocycles. The second-order valence-electron chi connectivity index (χ2n) is 9.75. The molecule has 1 aromatic heterocycles. The summed E-state index contributed by atoms with van der Waals surface area (Å²) in [6.45, 7) is 9.52. The maximum absolute atomic E-state index is 5.91. The average molecular weight is 445 g/mol. The Hall–Kier alpha value is -2.63. The summed E-state index contributed by atoms with van der Waals surface area (Å²) in [6, 6.07) is 22.2. The number of hydrogen-bond acceptors (Lipinski definition) is 4. The van der Waals surface area contributed by atoms with E-state index in [1.165, 1.54) is 51.9 Å². The number of hydrogen-bond donors (Lipinski definition) is 0. The molecule has 5 rings (SSSR count). The van der Waals surface area contributed by atoms with E-state index in [-0.39, 0.29) is 0 Å². The molecule has 0 spiro atoms. The summed E-state index contributed by atoms with van der Waals surface area (Å²) in [5.41, 5.74) is 2.16. The van der Waals surface area contributed by atoms with Crippen LogP contribution in [0.1, 0.15) is 45.6 Å². The molecule has 2 aliphatic heterocycles. The monoisotopic (exact) mass is 444 g/mol. The predicted octanol–water partition coefficient (Wildman–Crippen LogP) is 5.85. The number of benzene rings is 2. The van der Waals surface area contributed by atoms with Crippen LogP contribution in [0.5, 0.6) is 11.5 Å². The number of aromatic nitrogens is 2. The van der Waals surface area contributed by atoms with Crippen molar-refractivity contribution in [3.8, 4) is 22.8 Å². The Morgan fingerprint density at radius 2 is 1.39 bits per heavy atom. The first-order chi connectivity index (χ1) is 16.2. The van der Waals surface area contributed by atoms with Gasteiger partial charge in [-0.2, -0.15) is 5.10 Å². The van der Waals surface area contributed by atoms with Crippen molar-refractivity contribution in [1.29, 1.82) is 0 Å². The molecule has 3 aromatic rings. The van der Waals surface area contributed by atoms with Gasteiger partial charge in [0.2, 0.25) is 0 Å². The van der Waals surface area contributed by atoms with Gasteiger partial charge in [-0.1, -0.05) is 18.2 Å². The summed E-state index contributed by atoms with van der Waals surface area (Å²) in [7, 11) is 0. The molecular weight excluding hydrogens is 408 g/mol. The van der Waals surface area contributed by atoms with Gasteiger partial charge in [-0.3, -0.25) is 4.68 Å². The molecule has 33 heavy (non-hydrogen) atoms. The minimum atomic E-state index is 0.506. The van der Waals surface area contributed by atoms with E-state index in [0.29, 0.717) is 12.1 Å². The van der Waals surface area contributed by atoms with Gasteiger partial charge >= 0.3 is 0 Å². The van der Waals surface area contributed by atoms with Crippen molar-refractivity contribution in [1.82, 2.24) is 19.6 Å². The predicted molar refractivity (Wildman–Crippen MR) is 134 cm³/mol. The standard InChI is InChI=1S/C28H36N4O/c1-22(2)30-17-12-24(13-18-30)31-19-14-25(15-20-31)32-21-16-28(29-32)23-8-10-27(11-9-23)33-26-6-4-3-5-7-26/h3-11,16,21-22,24-25H,12-15,17-20H2,1-2H3. The highest BCUT2D eigenvalue weighted by Gasteiger charge is 2.29. The smallest absolute Gasteiger partial charge is 0.127 e. The topological polar surface area (TPSA) is 33.5 Å². The lowest BCUT2D eigenvalue weighted by atomic mass is 9.97. The normalized spacial score (nSPS) is 19.2. The molecule has 5 nitrogen and oxygen atoms in total. The Labute approximate surface area is 198 Å². The van der Waals surface area contributed by atoms with Crippen LogP contribution < -0.4 is 4.74 Å². The summed E-state index contributed by atoms with van der Waals surface area (Å²) in [5, 5.41) is 4.94. The minimum absolute atomic E-state index is 0.506. The lowest BCUT2D eigenvalue weighted by molar-refractivity contribution is 0.0672. The molecule has 2 aliphatic rings. The van der Waals surface area contributed by atoms with Crippen molar-refractivity contribution in [2.24, 2.45) is 0 Å². The minimum Gasteiger partial charge on any atom is -0.457 e. The highest BCUT2D eigenvalue weighted by Crippen LogP contribution is 2.29. The highest BCUT2D eigenvalue weighted by molar-refractivity contribution is 5.59.